The summed E-state index contributed by atoms with van der Waals surface area (Å²) >= 11 is 4.08. The second-order valence-corrected chi connectivity index (χ2v) is 10.2. The average molecular weight is 568 g/mol. The highest BCUT2D eigenvalue weighted by molar-refractivity contribution is 7.80. The molecule has 4 atom stereocenters. The van der Waals surface area contributed by atoms with E-state index in [-0.39, 0.29) is 30.9 Å². The molecule has 12 heteroatoms. The number of carbonyl (C=O) groups excluding carboxylic acids is 3. The third kappa shape index (κ3) is 6.75. The Morgan fingerprint density at radius 2 is 1.73 bits per heavy atom. The molecule has 0 saturated carbocycles. The number of rotatable bonds is 11. The van der Waals surface area contributed by atoms with Crippen LogP contribution in [0.15, 0.2) is 54.7 Å². The number of H-pyrrole nitrogens is 1. The van der Waals surface area contributed by atoms with Gasteiger partial charge in [0.05, 0.1) is 6.04 Å². The zero-order valence-electron chi connectivity index (χ0n) is 21.7. The molecule has 4 rings (SSSR count). The Morgan fingerprint density at radius 1 is 1.02 bits per heavy atom. The van der Waals surface area contributed by atoms with Crippen LogP contribution in [0.2, 0.25) is 0 Å². The number of hydrogen-bond donors (Lipinski definition) is 7. The van der Waals surface area contributed by atoms with E-state index < -0.39 is 47.9 Å². The van der Waals surface area contributed by atoms with Crippen LogP contribution in [-0.2, 0) is 32.0 Å². The van der Waals surface area contributed by atoms with E-state index >= 15 is 0 Å². The lowest BCUT2D eigenvalue weighted by molar-refractivity contribution is -0.149. The summed E-state index contributed by atoms with van der Waals surface area (Å²) in [6, 6.07) is 9.58. The number of thiol groups is 1. The molecule has 2 aromatic carbocycles. The largest absolute Gasteiger partial charge is 0.508 e. The lowest BCUT2D eigenvalue weighted by Crippen LogP contribution is -2.58. The molecule has 1 fully saturated rings. The summed E-state index contributed by atoms with van der Waals surface area (Å²) in [7, 11) is 0. The molecule has 0 bridgehead atoms. The number of fused-ring (bicyclic) bond motifs is 1. The molecule has 7 N–H and O–H groups in total. The van der Waals surface area contributed by atoms with E-state index in [0.717, 1.165) is 16.5 Å². The van der Waals surface area contributed by atoms with Crippen molar-refractivity contribution in [1.29, 1.82) is 0 Å². The molecule has 1 saturated heterocycles. The molecule has 0 aliphatic carbocycles. The van der Waals surface area contributed by atoms with Crippen LogP contribution < -0.4 is 16.4 Å². The third-order valence-electron chi connectivity index (χ3n) is 7.08. The predicted molar refractivity (Wildman–Crippen MR) is 152 cm³/mol. The van der Waals surface area contributed by atoms with Gasteiger partial charge in [0.2, 0.25) is 17.7 Å². The Balaban J connectivity index is 1.62. The van der Waals surface area contributed by atoms with Gasteiger partial charge in [-0.3, -0.25) is 14.4 Å². The molecule has 3 aromatic rings. The maximum atomic E-state index is 13.7. The summed E-state index contributed by atoms with van der Waals surface area (Å²) in [6.07, 6.45) is 2.78. The van der Waals surface area contributed by atoms with E-state index in [1.54, 1.807) is 18.3 Å². The molecule has 212 valence electrons. The van der Waals surface area contributed by atoms with Crippen molar-refractivity contribution in [3.63, 3.8) is 0 Å². The lowest BCUT2D eigenvalue weighted by Gasteiger charge is -2.29. The van der Waals surface area contributed by atoms with E-state index in [1.807, 2.05) is 24.3 Å². The number of carbonyl (C=O) groups is 4. The monoisotopic (exact) mass is 567 g/mol. The number of phenols is 1. The van der Waals surface area contributed by atoms with Gasteiger partial charge in [-0.15, -0.1) is 0 Å². The first-order chi connectivity index (χ1) is 19.2. The van der Waals surface area contributed by atoms with Gasteiger partial charge in [-0.25, -0.2) is 4.79 Å². The SMILES string of the molecule is NC(CS)C(=O)NC(Cc1c[nH]c2ccccc12)C(=O)NC(Cc1ccc(O)cc1)C(=O)N1CCCC1C(=O)O. The fraction of sp³-hybridized carbons (Fsp3) is 0.357. The number of aliphatic carboxylic acids is 1. The minimum absolute atomic E-state index is 0.0446. The summed E-state index contributed by atoms with van der Waals surface area (Å²) < 4.78 is 0. The summed E-state index contributed by atoms with van der Waals surface area (Å²) in [6.45, 7) is 0.254. The van der Waals surface area contributed by atoms with Crippen LogP contribution in [0.1, 0.15) is 24.0 Å². The number of carboxylic acids is 1. The normalized spacial score (nSPS) is 17.2. The van der Waals surface area contributed by atoms with E-state index in [9.17, 15) is 29.4 Å². The van der Waals surface area contributed by atoms with Crippen molar-refractivity contribution in [1.82, 2.24) is 20.5 Å². The number of likely N-dealkylation sites (tertiary alicyclic amines) is 1. The summed E-state index contributed by atoms with van der Waals surface area (Å²) in [5, 5.41) is 25.6. The van der Waals surface area contributed by atoms with Crippen molar-refractivity contribution in [2.45, 2.75) is 49.9 Å². The highest BCUT2D eigenvalue weighted by atomic mass is 32.1. The Bertz CT molecular complexity index is 1380. The lowest BCUT2D eigenvalue weighted by atomic mass is 10.0. The molecule has 0 radical (unpaired) electrons. The molecule has 11 nitrogen and oxygen atoms in total. The highest BCUT2D eigenvalue weighted by Gasteiger charge is 2.38. The second-order valence-electron chi connectivity index (χ2n) is 9.87. The smallest absolute Gasteiger partial charge is 0.326 e. The summed E-state index contributed by atoms with van der Waals surface area (Å²) in [5.74, 6) is -2.71. The Hall–Kier alpha value is -4.03. The predicted octanol–water partition coefficient (Wildman–Crippen LogP) is 0.961. The fourth-order valence-corrected chi connectivity index (χ4v) is 5.08. The minimum Gasteiger partial charge on any atom is -0.508 e. The van der Waals surface area contributed by atoms with Crippen molar-refractivity contribution in [3.8, 4) is 5.75 Å². The summed E-state index contributed by atoms with van der Waals surface area (Å²) in [4.78, 5) is 56.3. The maximum absolute atomic E-state index is 13.7. The number of carboxylic acid groups (broad SMARTS) is 1. The van der Waals surface area contributed by atoms with Crippen molar-refractivity contribution in [2.24, 2.45) is 5.73 Å². The number of hydrogen-bond acceptors (Lipinski definition) is 7. The Labute approximate surface area is 236 Å². The number of nitrogens with zero attached hydrogens (tertiary/aromatic N) is 1. The number of nitrogens with one attached hydrogen (secondary N) is 3. The number of amides is 3. The Morgan fingerprint density at radius 3 is 2.42 bits per heavy atom. The first kappa shape index (κ1) is 29.0. The van der Waals surface area contributed by atoms with Gasteiger partial charge in [0.15, 0.2) is 0 Å². The van der Waals surface area contributed by atoms with Gasteiger partial charge in [-0.1, -0.05) is 30.3 Å². The molecule has 40 heavy (non-hydrogen) atoms. The number of aromatic amines is 1. The van der Waals surface area contributed by atoms with E-state index in [0.29, 0.717) is 18.4 Å². The number of nitrogens with two attached hydrogens (primary N) is 1. The van der Waals surface area contributed by atoms with Gasteiger partial charge >= 0.3 is 5.97 Å². The molecule has 1 aromatic heterocycles. The van der Waals surface area contributed by atoms with Crippen LogP contribution in [-0.4, -0.2) is 80.3 Å². The molecule has 0 spiro atoms. The zero-order valence-corrected chi connectivity index (χ0v) is 22.6. The van der Waals surface area contributed by atoms with E-state index in [2.05, 4.69) is 28.2 Å². The average Bonchev–Trinajstić information content (AvgIpc) is 3.60. The summed E-state index contributed by atoms with van der Waals surface area (Å²) in [5.41, 5.74) is 8.15. The van der Waals surface area contributed by atoms with Gasteiger partial charge in [-0.2, -0.15) is 12.6 Å². The van der Waals surface area contributed by atoms with Gasteiger partial charge in [0.25, 0.3) is 0 Å². The van der Waals surface area contributed by atoms with Crippen LogP contribution in [0, 0.1) is 0 Å². The third-order valence-corrected chi connectivity index (χ3v) is 7.47. The first-order valence-corrected chi connectivity index (χ1v) is 13.6. The molecule has 2 heterocycles. The van der Waals surface area contributed by atoms with Gasteiger partial charge in [0.1, 0.15) is 23.9 Å². The van der Waals surface area contributed by atoms with Gasteiger partial charge in [-0.05, 0) is 42.2 Å². The van der Waals surface area contributed by atoms with Crippen molar-refractivity contribution < 1.29 is 29.4 Å². The molecule has 1 aliphatic heterocycles. The van der Waals surface area contributed by atoms with E-state index in [4.69, 9.17) is 5.73 Å². The first-order valence-electron chi connectivity index (χ1n) is 13.0. The molecular weight excluding hydrogens is 534 g/mol. The number of aromatic nitrogens is 1. The highest BCUT2D eigenvalue weighted by Crippen LogP contribution is 2.22. The van der Waals surface area contributed by atoms with Crippen molar-refractivity contribution >= 4 is 47.2 Å². The fourth-order valence-electron chi connectivity index (χ4n) is 4.92. The molecular formula is C28H33N5O6S. The maximum Gasteiger partial charge on any atom is 0.326 e. The van der Waals surface area contributed by atoms with Gasteiger partial charge in [0, 0.05) is 42.2 Å². The molecule has 3 amide bonds. The van der Waals surface area contributed by atoms with Gasteiger partial charge < -0.3 is 36.5 Å². The number of para-hydroxylation sites is 1. The van der Waals surface area contributed by atoms with Crippen LogP contribution >= 0.6 is 12.6 Å². The number of phenolic OH excluding ortho intramolecular Hbond substituents is 1. The van der Waals surface area contributed by atoms with Crippen molar-refractivity contribution in [2.75, 3.05) is 12.3 Å². The topological polar surface area (TPSA) is 178 Å². The van der Waals surface area contributed by atoms with Crippen LogP contribution in [0.4, 0.5) is 0 Å². The molecule has 4 unspecified atom stereocenters. The standard InChI is InChI=1S/C28H33N5O6S/c29-20(15-40)25(35)31-22(13-17-14-30-21-5-2-1-4-19(17)21)26(36)32-23(12-16-7-9-18(34)10-8-16)27(37)33-11-3-6-24(33)28(38)39/h1-2,4-5,7-10,14,20,22-24,30,34,40H,3,6,11-13,15,29H2,(H,31,35)(H,32,36)(H,38,39). The second kappa shape index (κ2) is 12.9. The minimum atomic E-state index is -1.11. The molecule has 1 aliphatic rings. The van der Waals surface area contributed by atoms with Crippen LogP contribution in [0.5, 0.6) is 5.75 Å². The number of benzene rings is 2. The van der Waals surface area contributed by atoms with Crippen LogP contribution in [0.25, 0.3) is 10.9 Å². The van der Waals surface area contributed by atoms with Crippen molar-refractivity contribution in [3.05, 3.63) is 65.9 Å². The van der Waals surface area contributed by atoms with E-state index in [1.165, 1.54) is 17.0 Å². The Kier molecular flexibility index (Phi) is 9.33. The van der Waals surface area contributed by atoms with Crippen LogP contribution in [0.3, 0.4) is 0 Å². The number of aromatic hydroxyl groups is 1. The zero-order chi connectivity index (χ0) is 28.8. The quantitative estimate of drug-likeness (QED) is 0.169.